The second-order valence-electron chi connectivity index (χ2n) is 8.17. The van der Waals surface area contributed by atoms with E-state index in [4.69, 9.17) is 21.1 Å². The molecule has 3 aliphatic rings. The fraction of sp³-hybridized carbons (Fsp3) is 0.409. The number of ketones is 1. The lowest BCUT2D eigenvalue weighted by Crippen LogP contribution is -2.49. The minimum atomic E-state index is -0.445. The Balaban J connectivity index is 1.29. The summed E-state index contributed by atoms with van der Waals surface area (Å²) in [6, 6.07) is 8.55. The van der Waals surface area contributed by atoms with Gasteiger partial charge in [-0.1, -0.05) is 11.6 Å². The molecule has 2 saturated heterocycles. The number of nitrogens with zero attached hydrogens (tertiary/aromatic N) is 3. The van der Waals surface area contributed by atoms with Crippen LogP contribution in [0.25, 0.3) is 0 Å². The van der Waals surface area contributed by atoms with Gasteiger partial charge in [-0.05, 0) is 37.7 Å². The molecule has 0 bridgehead atoms. The average molecular weight is 476 g/mol. The van der Waals surface area contributed by atoms with Gasteiger partial charge in [-0.15, -0.1) is 11.3 Å². The van der Waals surface area contributed by atoms with Gasteiger partial charge in [-0.2, -0.15) is 0 Å². The third-order valence-electron chi connectivity index (χ3n) is 6.05. The van der Waals surface area contributed by atoms with Crippen molar-refractivity contribution in [2.45, 2.75) is 25.0 Å². The molecule has 32 heavy (non-hydrogen) atoms. The molecular weight excluding hydrogens is 454 g/mol. The standard InChI is InChI=1S/C22H22ClN3O5S/c1-24-8-9-25(21(28)11-24)13-2-3-14-18(10-13)30-12-15-17(31-22(29)26(14)15)5-4-16(27)19-6-7-20(23)32-19/h2-3,6-7,10,15,17H,4-5,8-9,11-12H2,1H3/t15-,17-/m0/s1. The zero-order valence-corrected chi connectivity index (χ0v) is 19.0. The number of amides is 2. The number of thiophene rings is 1. The summed E-state index contributed by atoms with van der Waals surface area (Å²) >= 11 is 7.16. The minimum absolute atomic E-state index is 0.0185. The Labute approximate surface area is 194 Å². The topological polar surface area (TPSA) is 79.4 Å². The molecule has 0 aliphatic carbocycles. The van der Waals surface area contributed by atoms with Crippen molar-refractivity contribution in [1.82, 2.24) is 4.90 Å². The van der Waals surface area contributed by atoms with E-state index < -0.39 is 12.2 Å². The number of hydrogen-bond acceptors (Lipinski definition) is 7. The molecule has 0 saturated carbocycles. The van der Waals surface area contributed by atoms with Crippen LogP contribution < -0.4 is 14.5 Å². The fourth-order valence-electron chi connectivity index (χ4n) is 4.36. The lowest BCUT2D eigenvalue weighted by atomic mass is 10.0. The predicted octanol–water partition coefficient (Wildman–Crippen LogP) is 3.43. The number of likely N-dealkylation sites (N-methyl/N-ethyl adjacent to an activating group) is 1. The largest absolute Gasteiger partial charge is 0.489 e. The summed E-state index contributed by atoms with van der Waals surface area (Å²) in [4.78, 5) is 43.4. The number of ether oxygens (including phenoxy) is 2. The average Bonchev–Trinajstić information content (AvgIpc) is 3.35. The summed E-state index contributed by atoms with van der Waals surface area (Å²) in [6.45, 7) is 2.04. The van der Waals surface area contributed by atoms with Crippen molar-refractivity contribution >= 4 is 52.1 Å². The molecule has 5 rings (SSSR count). The number of halogens is 1. The number of fused-ring (bicyclic) bond motifs is 3. The highest BCUT2D eigenvalue weighted by molar-refractivity contribution is 7.18. The second-order valence-corrected chi connectivity index (χ2v) is 9.89. The van der Waals surface area contributed by atoms with Gasteiger partial charge in [0.2, 0.25) is 5.91 Å². The number of carbonyl (C=O) groups excluding carboxylic acids is 3. The van der Waals surface area contributed by atoms with E-state index in [1.54, 1.807) is 34.1 Å². The van der Waals surface area contributed by atoms with Crippen LogP contribution in [-0.2, 0) is 9.53 Å². The van der Waals surface area contributed by atoms with E-state index in [1.165, 1.54) is 11.3 Å². The molecule has 3 aliphatic heterocycles. The molecule has 0 radical (unpaired) electrons. The van der Waals surface area contributed by atoms with Crippen LogP contribution in [0.3, 0.4) is 0 Å². The zero-order chi connectivity index (χ0) is 22.4. The smallest absolute Gasteiger partial charge is 0.415 e. The van der Waals surface area contributed by atoms with Crippen LogP contribution in [-0.4, -0.2) is 68.1 Å². The molecule has 4 heterocycles. The predicted molar refractivity (Wildman–Crippen MR) is 121 cm³/mol. The van der Waals surface area contributed by atoms with E-state index in [9.17, 15) is 14.4 Å². The fourth-order valence-corrected chi connectivity index (χ4v) is 5.37. The molecule has 2 amide bonds. The van der Waals surface area contributed by atoms with Crippen LogP contribution in [0.15, 0.2) is 30.3 Å². The highest BCUT2D eigenvalue weighted by atomic mass is 35.5. The first-order chi connectivity index (χ1) is 15.4. The summed E-state index contributed by atoms with van der Waals surface area (Å²) in [6.07, 6.45) is -0.210. The van der Waals surface area contributed by atoms with Crippen molar-refractivity contribution in [2.75, 3.05) is 43.1 Å². The molecule has 2 fully saturated rings. The molecule has 1 aromatic carbocycles. The molecular formula is C22H22ClN3O5S. The van der Waals surface area contributed by atoms with E-state index in [0.29, 0.717) is 40.2 Å². The van der Waals surface area contributed by atoms with Gasteiger partial charge in [0, 0.05) is 31.3 Å². The molecule has 0 spiro atoms. The lowest BCUT2D eigenvalue weighted by molar-refractivity contribution is -0.120. The van der Waals surface area contributed by atoms with E-state index in [0.717, 1.165) is 12.2 Å². The Bertz CT molecular complexity index is 1090. The van der Waals surface area contributed by atoms with Crippen molar-refractivity contribution in [3.8, 4) is 5.75 Å². The molecule has 2 atom stereocenters. The van der Waals surface area contributed by atoms with Crippen LogP contribution >= 0.6 is 22.9 Å². The maximum absolute atomic E-state index is 12.7. The van der Waals surface area contributed by atoms with Gasteiger partial charge < -0.3 is 14.4 Å². The van der Waals surface area contributed by atoms with Crippen LogP contribution in [0.5, 0.6) is 5.75 Å². The van der Waals surface area contributed by atoms with Gasteiger partial charge >= 0.3 is 6.09 Å². The summed E-state index contributed by atoms with van der Waals surface area (Å²) in [5.74, 6) is 0.562. The first-order valence-electron chi connectivity index (χ1n) is 10.4. The van der Waals surface area contributed by atoms with Crippen LogP contribution in [0.2, 0.25) is 4.34 Å². The molecule has 0 unspecified atom stereocenters. The maximum atomic E-state index is 12.7. The van der Waals surface area contributed by atoms with Gasteiger partial charge in [0.15, 0.2) is 5.78 Å². The molecule has 8 nitrogen and oxygen atoms in total. The Kier molecular flexibility index (Phi) is 5.56. The maximum Gasteiger partial charge on any atom is 0.415 e. The Hall–Kier alpha value is -2.62. The Morgan fingerprint density at radius 2 is 2.06 bits per heavy atom. The van der Waals surface area contributed by atoms with E-state index >= 15 is 0 Å². The van der Waals surface area contributed by atoms with Crippen molar-refractivity contribution in [3.05, 3.63) is 39.5 Å². The Morgan fingerprint density at radius 1 is 1.22 bits per heavy atom. The van der Waals surface area contributed by atoms with Crippen LogP contribution in [0, 0.1) is 0 Å². The van der Waals surface area contributed by atoms with Crippen molar-refractivity contribution in [3.63, 3.8) is 0 Å². The Morgan fingerprint density at radius 3 is 2.81 bits per heavy atom. The number of benzene rings is 1. The number of cyclic esters (lactones) is 1. The van der Waals surface area contributed by atoms with E-state index in [1.807, 2.05) is 18.0 Å². The van der Waals surface area contributed by atoms with Crippen LogP contribution in [0.4, 0.5) is 16.2 Å². The summed E-state index contributed by atoms with van der Waals surface area (Å²) < 4.78 is 12.1. The van der Waals surface area contributed by atoms with E-state index in [-0.39, 0.29) is 30.8 Å². The summed E-state index contributed by atoms with van der Waals surface area (Å²) in [5.41, 5.74) is 1.38. The summed E-state index contributed by atoms with van der Waals surface area (Å²) in [5, 5.41) is 0. The molecule has 168 valence electrons. The highest BCUT2D eigenvalue weighted by Crippen LogP contribution is 2.42. The number of carbonyl (C=O) groups is 3. The second kappa shape index (κ2) is 8.38. The van der Waals surface area contributed by atoms with Crippen molar-refractivity contribution < 1.29 is 23.9 Å². The minimum Gasteiger partial charge on any atom is -0.489 e. The number of Topliss-reactive ketones (excluding diaryl/α,β-unsaturated/α-hetero) is 1. The van der Waals surface area contributed by atoms with Gasteiger partial charge in [-0.3, -0.25) is 19.4 Å². The third kappa shape index (κ3) is 3.85. The van der Waals surface area contributed by atoms with E-state index in [2.05, 4.69) is 0 Å². The van der Waals surface area contributed by atoms with Gasteiger partial charge in [0.05, 0.1) is 21.4 Å². The van der Waals surface area contributed by atoms with Crippen molar-refractivity contribution in [1.29, 1.82) is 0 Å². The molecule has 1 aromatic heterocycles. The highest BCUT2D eigenvalue weighted by Gasteiger charge is 2.46. The zero-order valence-electron chi connectivity index (χ0n) is 17.5. The van der Waals surface area contributed by atoms with Crippen molar-refractivity contribution in [2.24, 2.45) is 0 Å². The number of anilines is 2. The number of rotatable bonds is 5. The molecule has 2 aromatic rings. The summed E-state index contributed by atoms with van der Waals surface area (Å²) in [7, 11) is 1.92. The van der Waals surface area contributed by atoms with Crippen LogP contribution in [0.1, 0.15) is 22.5 Å². The lowest BCUT2D eigenvalue weighted by Gasteiger charge is -2.34. The SMILES string of the molecule is CN1CCN(c2ccc3c(c2)OC[C@H]2[C@H](CCC(=O)c4ccc(Cl)s4)OC(=O)N32)C(=O)C1. The normalized spacial score (nSPS) is 22.9. The molecule has 10 heteroatoms. The monoisotopic (exact) mass is 475 g/mol. The van der Waals surface area contributed by atoms with Gasteiger partial charge in [0.25, 0.3) is 0 Å². The third-order valence-corrected chi connectivity index (χ3v) is 7.32. The number of piperazine rings is 1. The quantitative estimate of drug-likeness (QED) is 0.616. The molecule has 0 N–H and O–H groups in total. The first-order valence-corrected chi connectivity index (χ1v) is 11.6. The number of hydrogen-bond donors (Lipinski definition) is 0. The van der Waals surface area contributed by atoms with Gasteiger partial charge in [-0.25, -0.2) is 4.79 Å². The van der Waals surface area contributed by atoms with Gasteiger partial charge in [0.1, 0.15) is 24.5 Å². The first kappa shape index (κ1) is 21.2.